The third-order valence-electron chi connectivity index (χ3n) is 3.10. The summed E-state index contributed by atoms with van der Waals surface area (Å²) in [5.41, 5.74) is 8.51. The first-order valence-electron chi connectivity index (χ1n) is 5.58. The molecular weight excluding hydrogens is 378 g/mol. The van der Waals surface area contributed by atoms with Crippen molar-refractivity contribution in [2.24, 2.45) is 5.73 Å². The van der Waals surface area contributed by atoms with Gasteiger partial charge in [0.25, 0.3) is 0 Å². The largest absolute Gasteiger partial charge is 0.485 e. The molecule has 0 amide bonds. The molecule has 2 atom stereocenters. The molecule has 1 aromatic carbocycles. The van der Waals surface area contributed by atoms with Crippen molar-refractivity contribution in [1.29, 1.82) is 0 Å². The lowest BCUT2D eigenvalue weighted by Crippen LogP contribution is -2.24. The first-order valence-corrected chi connectivity index (χ1v) is 8.11. The molecule has 1 aliphatic heterocycles. The van der Waals surface area contributed by atoms with Gasteiger partial charge in [0.05, 0.1) is 0 Å². The Morgan fingerprint density at radius 2 is 2.06 bits per heavy atom. The average molecular weight is 389 g/mol. The van der Waals surface area contributed by atoms with Gasteiger partial charge >= 0.3 is 0 Å². The minimum atomic E-state index is 0.0167. The lowest BCUT2D eigenvalue weighted by atomic mass is 9.95. The van der Waals surface area contributed by atoms with Gasteiger partial charge in [0.1, 0.15) is 11.9 Å². The molecule has 0 saturated heterocycles. The molecule has 94 valence electrons. The number of benzene rings is 1. The molecule has 2 N–H and O–H groups in total. The highest BCUT2D eigenvalue weighted by Gasteiger charge is 2.28. The summed E-state index contributed by atoms with van der Waals surface area (Å²) in [5.74, 6) is 0.889. The monoisotopic (exact) mass is 387 g/mol. The third kappa shape index (κ3) is 2.25. The molecule has 1 unspecified atom stereocenters. The average Bonchev–Trinajstić information content (AvgIpc) is 2.76. The fraction of sp³-hybridized carbons (Fsp3) is 0.231. The molecule has 2 aromatic rings. The lowest BCUT2D eigenvalue weighted by Gasteiger charge is -2.30. The second-order valence-corrected chi connectivity index (χ2v) is 6.82. The van der Waals surface area contributed by atoms with Crippen molar-refractivity contribution < 1.29 is 4.74 Å². The van der Waals surface area contributed by atoms with E-state index in [-0.39, 0.29) is 12.1 Å². The van der Waals surface area contributed by atoms with Crippen LogP contribution in [0.3, 0.4) is 0 Å². The SMILES string of the molecule is N[C@H]1CC(c2cscc2Br)Oc2ccc(Br)cc21. The van der Waals surface area contributed by atoms with Crippen LogP contribution in [0.5, 0.6) is 5.75 Å². The summed E-state index contributed by atoms with van der Waals surface area (Å²) < 4.78 is 8.20. The standard InChI is InChI=1S/C13H11Br2NOS/c14-7-1-2-12-8(3-7)11(16)4-13(17-12)9-5-18-6-10(9)15/h1-3,5-6,11,13H,4,16H2/t11-,13?/m0/s1. The normalized spacial score (nSPS) is 22.4. The molecule has 0 saturated carbocycles. The Balaban J connectivity index is 1.97. The highest BCUT2D eigenvalue weighted by atomic mass is 79.9. The first-order chi connectivity index (χ1) is 8.65. The Morgan fingerprint density at radius 1 is 1.22 bits per heavy atom. The van der Waals surface area contributed by atoms with E-state index in [0.29, 0.717) is 0 Å². The Hall–Kier alpha value is -0.360. The predicted octanol–water partition coefficient (Wildman–Crippen LogP) is 4.80. The van der Waals surface area contributed by atoms with E-state index in [0.717, 1.165) is 26.7 Å². The number of hydrogen-bond donors (Lipinski definition) is 1. The van der Waals surface area contributed by atoms with Gasteiger partial charge in [0.15, 0.2) is 0 Å². The fourth-order valence-corrected chi connectivity index (χ4v) is 4.16. The van der Waals surface area contributed by atoms with Crippen LogP contribution in [0.2, 0.25) is 0 Å². The Kier molecular flexibility index (Phi) is 3.49. The van der Waals surface area contributed by atoms with Gasteiger partial charge in [-0.15, -0.1) is 0 Å². The molecule has 2 heterocycles. The van der Waals surface area contributed by atoms with E-state index in [1.807, 2.05) is 18.2 Å². The zero-order valence-corrected chi connectivity index (χ0v) is 13.4. The number of nitrogens with two attached hydrogens (primary N) is 1. The summed E-state index contributed by atoms with van der Waals surface area (Å²) >= 11 is 8.69. The number of ether oxygens (including phenoxy) is 1. The second-order valence-electron chi connectivity index (χ2n) is 4.31. The van der Waals surface area contributed by atoms with Crippen LogP contribution in [-0.4, -0.2) is 0 Å². The quantitative estimate of drug-likeness (QED) is 0.761. The van der Waals surface area contributed by atoms with Crippen LogP contribution in [0, 0.1) is 0 Å². The van der Waals surface area contributed by atoms with Crippen LogP contribution in [0.4, 0.5) is 0 Å². The van der Waals surface area contributed by atoms with Crippen LogP contribution in [0.15, 0.2) is 37.9 Å². The van der Waals surface area contributed by atoms with Gasteiger partial charge < -0.3 is 10.5 Å². The van der Waals surface area contributed by atoms with E-state index in [4.69, 9.17) is 10.5 Å². The molecule has 1 aromatic heterocycles. The molecule has 5 heteroatoms. The minimum absolute atomic E-state index is 0.0167. The summed E-state index contributed by atoms with van der Waals surface area (Å²) in [7, 11) is 0. The highest BCUT2D eigenvalue weighted by Crippen LogP contribution is 2.43. The molecule has 0 radical (unpaired) electrons. The van der Waals surface area contributed by atoms with E-state index in [2.05, 4.69) is 42.6 Å². The van der Waals surface area contributed by atoms with Gasteiger partial charge in [-0.05, 0) is 39.5 Å². The summed E-state index contributed by atoms with van der Waals surface area (Å²) in [4.78, 5) is 0. The van der Waals surface area contributed by atoms with Crippen molar-refractivity contribution in [1.82, 2.24) is 0 Å². The van der Waals surface area contributed by atoms with E-state index in [1.54, 1.807) is 11.3 Å². The van der Waals surface area contributed by atoms with Gasteiger partial charge in [-0.3, -0.25) is 0 Å². The van der Waals surface area contributed by atoms with Crippen molar-refractivity contribution >= 4 is 43.2 Å². The smallest absolute Gasteiger partial charge is 0.127 e. The fourth-order valence-electron chi connectivity index (χ4n) is 2.19. The Labute approximate surface area is 126 Å². The predicted molar refractivity (Wildman–Crippen MR) is 81.1 cm³/mol. The van der Waals surface area contributed by atoms with E-state index in [9.17, 15) is 0 Å². The molecule has 2 nitrogen and oxygen atoms in total. The molecular formula is C13H11Br2NOS. The van der Waals surface area contributed by atoms with Crippen molar-refractivity contribution in [2.45, 2.75) is 18.6 Å². The zero-order chi connectivity index (χ0) is 12.7. The summed E-state index contributed by atoms with van der Waals surface area (Å²) in [5, 5.41) is 4.19. The maximum atomic E-state index is 6.25. The topological polar surface area (TPSA) is 35.2 Å². The van der Waals surface area contributed by atoms with Crippen molar-refractivity contribution in [3.05, 3.63) is 49.0 Å². The van der Waals surface area contributed by atoms with E-state index in [1.165, 1.54) is 5.56 Å². The van der Waals surface area contributed by atoms with E-state index >= 15 is 0 Å². The number of rotatable bonds is 1. The molecule has 3 rings (SSSR count). The Bertz CT molecular complexity index is 584. The summed E-state index contributed by atoms with van der Waals surface area (Å²) in [6.45, 7) is 0. The van der Waals surface area contributed by atoms with Crippen molar-refractivity contribution in [3.8, 4) is 5.75 Å². The Morgan fingerprint density at radius 3 is 2.78 bits per heavy atom. The van der Waals surface area contributed by atoms with Crippen LogP contribution < -0.4 is 10.5 Å². The number of thiophene rings is 1. The highest BCUT2D eigenvalue weighted by molar-refractivity contribution is 9.10. The van der Waals surface area contributed by atoms with Gasteiger partial charge in [0, 0.05) is 37.9 Å². The molecule has 18 heavy (non-hydrogen) atoms. The van der Waals surface area contributed by atoms with Gasteiger partial charge in [-0.2, -0.15) is 11.3 Å². The zero-order valence-electron chi connectivity index (χ0n) is 9.40. The van der Waals surface area contributed by atoms with Gasteiger partial charge in [-0.1, -0.05) is 15.9 Å². The summed E-state index contributed by atoms with van der Waals surface area (Å²) in [6, 6.07) is 6.02. The van der Waals surface area contributed by atoms with Crippen molar-refractivity contribution in [3.63, 3.8) is 0 Å². The molecule has 0 bridgehead atoms. The van der Waals surface area contributed by atoms with Gasteiger partial charge in [-0.25, -0.2) is 0 Å². The number of halogens is 2. The number of hydrogen-bond acceptors (Lipinski definition) is 3. The second kappa shape index (κ2) is 4.96. The maximum absolute atomic E-state index is 6.25. The van der Waals surface area contributed by atoms with Crippen LogP contribution >= 0.6 is 43.2 Å². The number of fused-ring (bicyclic) bond motifs is 1. The van der Waals surface area contributed by atoms with Crippen LogP contribution in [0.25, 0.3) is 0 Å². The minimum Gasteiger partial charge on any atom is -0.485 e. The van der Waals surface area contributed by atoms with Crippen LogP contribution in [-0.2, 0) is 0 Å². The molecule has 0 aliphatic carbocycles. The van der Waals surface area contributed by atoms with Crippen LogP contribution in [0.1, 0.15) is 29.7 Å². The van der Waals surface area contributed by atoms with E-state index < -0.39 is 0 Å². The molecule has 0 fully saturated rings. The van der Waals surface area contributed by atoms with Gasteiger partial charge in [0.2, 0.25) is 0 Å². The first kappa shape index (κ1) is 12.7. The molecule has 1 aliphatic rings. The lowest BCUT2D eigenvalue weighted by molar-refractivity contribution is 0.161. The molecule has 0 spiro atoms. The van der Waals surface area contributed by atoms with Crippen molar-refractivity contribution in [2.75, 3.05) is 0 Å². The third-order valence-corrected chi connectivity index (χ3v) is 5.34. The summed E-state index contributed by atoms with van der Waals surface area (Å²) in [6.07, 6.45) is 0.841. The maximum Gasteiger partial charge on any atom is 0.127 e.